The number of nitrogen functional groups attached to an aromatic ring is 3. The van der Waals surface area contributed by atoms with Crippen LogP contribution in [0.2, 0.25) is 15.5 Å². The molecule has 0 radical (unpaired) electrons. The molecule has 8 aromatic heterocycles. The molecule has 3 fully saturated rings. The number of rotatable bonds is 35. The van der Waals surface area contributed by atoms with Gasteiger partial charge < -0.3 is 97.1 Å². The van der Waals surface area contributed by atoms with E-state index in [-0.39, 0.29) is 153 Å². The number of nitrogens with zero attached hydrogens (tertiary/aromatic N) is 17. The molecule has 13 N–H and O–H groups in total. The first-order chi connectivity index (χ1) is 68.8. The number of carbonyl (C=O) groups excluding carboxylic acids is 6. The van der Waals surface area contributed by atoms with Gasteiger partial charge in [0.25, 0.3) is 52.9 Å². The number of aliphatic carboxylic acids is 1. The van der Waals surface area contributed by atoms with Gasteiger partial charge in [0, 0.05) is 111 Å². The number of alkyl halides is 5. The molecular formula is C96H123Cl3F5N23O18S+2. The highest BCUT2D eigenvalue weighted by atomic mass is 35.5. The third kappa shape index (κ3) is 32.0. The molecule has 0 spiro atoms. The highest BCUT2D eigenvalue weighted by Crippen LogP contribution is 2.31. The Hall–Kier alpha value is -13.5. The van der Waals surface area contributed by atoms with Gasteiger partial charge in [-0.05, 0) is 154 Å². The van der Waals surface area contributed by atoms with Crippen LogP contribution in [0.5, 0.6) is 23.0 Å². The summed E-state index contributed by atoms with van der Waals surface area (Å²) in [6.45, 7) is 26.9. The maximum Gasteiger partial charge on any atom is 0.401 e. The Bertz CT molecular complexity index is 6450. The van der Waals surface area contributed by atoms with E-state index in [1.54, 1.807) is 42.7 Å². The van der Waals surface area contributed by atoms with E-state index in [0.717, 1.165) is 106 Å². The predicted molar refractivity (Wildman–Crippen MR) is 529 cm³/mol. The Kier molecular flexibility index (Phi) is 42.6. The number of imidazole rings is 3. The molecule has 0 unspecified atom stereocenters. The average molecular weight is 2120 g/mol. The number of hydrogen-bond acceptors (Lipinski definition) is 28. The van der Waals surface area contributed by atoms with Gasteiger partial charge in [0.15, 0.2) is 87.5 Å². The van der Waals surface area contributed by atoms with Gasteiger partial charge in [-0.25, -0.2) is 62.1 Å². The van der Waals surface area contributed by atoms with Crippen LogP contribution in [-0.4, -0.2) is 242 Å². The molecule has 41 nitrogen and oxygen atoms in total. The van der Waals surface area contributed by atoms with E-state index in [1.165, 1.54) is 29.6 Å². The van der Waals surface area contributed by atoms with Gasteiger partial charge in [0.2, 0.25) is 0 Å². The summed E-state index contributed by atoms with van der Waals surface area (Å²) in [6, 6.07) is 24.1. The Morgan fingerprint density at radius 2 is 0.986 bits per heavy atom. The predicted octanol–water partition coefficient (Wildman–Crippen LogP) is 8.09. The summed E-state index contributed by atoms with van der Waals surface area (Å²) >= 11 is 17.8. The summed E-state index contributed by atoms with van der Waals surface area (Å²) in [6.07, 6.45) is 1.48. The average Bonchev–Trinajstić information content (AvgIpc) is 1.61. The number of carboxylic acids is 1. The smallest absolute Gasteiger partial charge is 0.401 e. The van der Waals surface area contributed by atoms with Gasteiger partial charge in [-0.1, -0.05) is 48.3 Å². The number of aliphatic hydroxyl groups is 2. The fraction of sp³-hybridized carbons (Fsp3) is 0.458. The summed E-state index contributed by atoms with van der Waals surface area (Å²) in [7, 11) is -0.852. The third-order valence-corrected chi connectivity index (χ3v) is 25.0. The number of carboxylic acid groups (broad SMARTS) is 1. The Balaban J connectivity index is 0.000000228. The monoisotopic (exact) mass is 2120 g/mol. The molecule has 0 aliphatic carbocycles. The topological polar surface area (TPSA) is 540 Å². The molecule has 3 atom stereocenters. The second-order valence-electron chi connectivity index (χ2n) is 34.0. The van der Waals surface area contributed by atoms with Crippen LogP contribution in [0.4, 0.5) is 39.4 Å². The van der Waals surface area contributed by atoms with Gasteiger partial charge in [0.05, 0.1) is 88.4 Å². The number of pyridine rings is 2. The zero-order chi connectivity index (χ0) is 106. The number of nitrogens with one attached hydrogen (secondary N) is 3. The van der Waals surface area contributed by atoms with E-state index < -0.39 is 64.6 Å². The highest BCUT2D eigenvalue weighted by Gasteiger charge is 2.36. The number of carbonyl (C=O) groups is 7. The molecule has 146 heavy (non-hydrogen) atoms. The molecule has 14 rings (SSSR count). The quantitative estimate of drug-likeness (QED) is 0.0102. The van der Waals surface area contributed by atoms with E-state index in [9.17, 15) is 80.1 Å². The van der Waals surface area contributed by atoms with Crippen molar-refractivity contribution in [3.8, 4) is 23.0 Å². The van der Waals surface area contributed by atoms with Crippen molar-refractivity contribution in [2.45, 2.75) is 205 Å². The molecule has 3 saturated heterocycles. The first kappa shape index (κ1) is 116. The highest BCUT2D eigenvalue weighted by molar-refractivity contribution is 7.85. The van der Waals surface area contributed by atoms with Crippen LogP contribution in [0.25, 0.3) is 33.1 Å². The van der Waals surface area contributed by atoms with Gasteiger partial charge in [-0.3, -0.25) is 42.9 Å². The fourth-order valence-electron chi connectivity index (χ4n) is 16.0. The number of aryl methyl sites for hydroxylation is 7. The van der Waals surface area contributed by atoms with Gasteiger partial charge in [-0.15, -0.1) is 6.58 Å². The lowest BCUT2D eigenvalue weighted by Crippen LogP contribution is -2.44. The number of hydrogen-bond donors (Lipinski definition) is 10. The molecule has 790 valence electrons. The molecule has 3 aliphatic heterocycles. The van der Waals surface area contributed by atoms with Crippen molar-refractivity contribution in [2.75, 3.05) is 94.5 Å². The molecule has 0 saturated carbocycles. The van der Waals surface area contributed by atoms with Crippen molar-refractivity contribution in [1.82, 2.24) is 84.2 Å². The summed E-state index contributed by atoms with van der Waals surface area (Å²) in [5, 5.41) is 56.0. The molecule has 11 heterocycles. The molecule has 0 bridgehead atoms. The lowest BCUT2D eigenvalue weighted by atomic mass is 10.0. The van der Waals surface area contributed by atoms with Gasteiger partial charge in [0.1, 0.15) is 70.3 Å². The van der Waals surface area contributed by atoms with E-state index in [4.69, 9.17) is 80.8 Å². The number of ether oxygens (including phenoxy) is 5. The van der Waals surface area contributed by atoms with Crippen LogP contribution in [0.1, 0.15) is 159 Å². The number of halogens is 8. The first-order valence-corrected chi connectivity index (χ1v) is 49.0. The van der Waals surface area contributed by atoms with Crippen molar-refractivity contribution in [1.29, 1.82) is 0 Å². The standard InChI is InChI=1S/C34H43ClN8O5.C29H35ClN8O5.C26H32ClN7O5S.C3H3F3O.C3H4F2O2.CH4/c1-5-42-28-14-25(48-20-31(45)41(17-23(4)44)19-26-21(2)6-7-22(3)39-26)8-9-27(28)43(18-24-10-12-47-13-11-24)30(42)16-38-34(46)32-33(36)37-15-29(35)40-32;1-5-37-21-9-8-19(43-16-26(41)36(14-18(4)39)15-20-23(40)10-7-17(3)34-20)11-22(21)38(6-2)25(37)13-33-29(42)27-28(31)32-12-24(30)35-27;1-2-33-19-6-5-17(39-16-23(35)32-7-10-40(37)11-8-32)12-20(19)34(15-18-4-3-9-38-18)22(33)14-30-26(36)24-25(28)29-13-21(27)31-24;1-2(7)3(4,5)6;1-3(4,5)2(6)7;/h6-9,14-15,23-24,44H,5,10-13,16-20H2,1-4H3,(H2-,36,37,38,46);7-12,18,39H,5-6,13-16H2,1-4H3,(H3-,31,32,33,40,42);5-6,12-13,18H,2-4,7-11,14-16H2,1H3,(H2-,28,29,30,36);7H,1H2;1H3,(H,6,7);1H4/p+2/t23-;2*18-;;;/m000.../s1. The minimum atomic E-state index is -4.75. The lowest BCUT2D eigenvalue weighted by molar-refractivity contribution is -0.687. The Morgan fingerprint density at radius 3 is 1.38 bits per heavy atom. The summed E-state index contributed by atoms with van der Waals surface area (Å²) in [5.74, 6) is -4.37. The van der Waals surface area contributed by atoms with E-state index in [2.05, 4.69) is 85.2 Å². The van der Waals surface area contributed by atoms with E-state index in [1.807, 2.05) is 107 Å². The Morgan fingerprint density at radius 1 is 0.596 bits per heavy atom. The number of anilines is 3. The zero-order valence-corrected chi connectivity index (χ0v) is 84.7. The molecular weight excluding hydrogens is 2000 g/mol. The van der Waals surface area contributed by atoms with Gasteiger partial charge >= 0.3 is 18.1 Å². The molecule has 6 amide bonds. The first-order valence-electron chi connectivity index (χ1n) is 46.4. The largest absolute Gasteiger partial charge is 0.870 e. The zero-order valence-electron chi connectivity index (χ0n) is 81.6. The van der Waals surface area contributed by atoms with E-state index >= 15 is 0 Å². The van der Waals surface area contributed by atoms with Crippen LogP contribution in [0.3, 0.4) is 0 Å². The minimum absolute atomic E-state index is 0. The van der Waals surface area contributed by atoms with Crippen LogP contribution >= 0.6 is 34.8 Å². The number of nitrogens with two attached hydrogens (primary N) is 3. The van der Waals surface area contributed by atoms with Crippen molar-refractivity contribution < 1.29 is 123 Å². The Labute approximate surface area is 856 Å². The second-order valence-corrected chi connectivity index (χ2v) is 36.9. The van der Waals surface area contributed by atoms with Crippen molar-refractivity contribution >= 4 is 138 Å². The molecule has 11 aromatic rings. The number of amides is 6. The summed E-state index contributed by atoms with van der Waals surface area (Å²) < 4.78 is 109. The maximum atomic E-state index is 13.4. The van der Waals surface area contributed by atoms with Crippen molar-refractivity contribution in [2.24, 2.45) is 5.92 Å². The molecule has 50 heteroatoms. The summed E-state index contributed by atoms with van der Waals surface area (Å²) in [4.78, 5) is 125. The van der Waals surface area contributed by atoms with Gasteiger partial charge in [-0.2, -0.15) is 22.0 Å². The van der Waals surface area contributed by atoms with Crippen LogP contribution in [-0.2, 0) is 111 Å². The fourth-order valence-corrected chi connectivity index (χ4v) is 17.4. The SMILES string of the molecule is C.C=C([O-])C(F)(F)F.CC(F)(F)C(=O)O.CC[n+]1c(CNC(=O)c2nc(Cl)cnc2N)n(C[C@@H]2CCCO2)c2cc(OCC(=O)N3CCS(=O)CC3)ccc21.CCn1c(CNC(=O)c2nc(Cl)cnc2N)[n+](CC)c2ccc(OCC(=O)N(Cc3nc(C)ccc3O)C[C@H](C)O)cc21.CCn1c(CNC(=O)c2nc(Cl)cnc2N)[n+](CC2CCOCC2)c2ccc(OCC(=O)N(Cc3nc(C)ccc3C)C[C@H](C)O)cc21. The maximum absolute atomic E-state index is 13.4. The number of allylic oxidation sites excluding steroid dienone is 1. The third-order valence-electron chi connectivity index (χ3n) is 23.2. The normalized spacial score (nSPS) is 14.1. The number of aromatic hydroxyl groups is 1. The van der Waals surface area contributed by atoms with Crippen molar-refractivity contribution in [3.05, 3.63) is 188 Å². The number of benzene rings is 3. The molecule has 3 aromatic carbocycles. The van der Waals surface area contributed by atoms with Crippen LogP contribution in [0, 0.1) is 26.7 Å². The van der Waals surface area contributed by atoms with E-state index in [0.29, 0.717) is 112 Å². The summed E-state index contributed by atoms with van der Waals surface area (Å²) in [5.41, 5.74) is 26.7. The van der Waals surface area contributed by atoms with Crippen LogP contribution < -0.4 is 66.2 Å². The second kappa shape index (κ2) is 53.6. The number of fused-ring (bicyclic) bond motifs is 3. The van der Waals surface area contributed by atoms with Crippen LogP contribution in [0.15, 0.2) is 110 Å². The number of aliphatic hydroxyl groups excluding tert-OH is 2. The molecule has 3 aliphatic rings. The van der Waals surface area contributed by atoms with Crippen molar-refractivity contribution in [3.63, 3.8) is 0 Å². The lowest BCUT2D eigenvalue weighted by Gasteiger charge is -2.26. The minimum Gasteiger partial charge on any atom is -0.870 e. The number of aromatic nitrogens is 14.